The minimum absolute atomic E-state index is 0.133. The first-order chi connectivity index (χ1) is 7.72. The molecule has 3 nitrogen and oxygen atoms in total. The minimum Gasteiger partial charge on any atom is -0.493 e. The van der Waals surface area contributed by atoms with Gasteiger partial charge in [0.2, 0.25) is 0 Å². The van der Waals surface area contributed by atoms with Gasteiger partial charge in [-0.3, -0.25) is 11.3 Å². The third kappa shape index (κ3) is 2.10. The molecule has 1 aromatic carbocycles. The minimum atomic E-state index is 0.133. The summed E-state index contributed by atoms with van der Waals surface area (Å²) in [6, 6.07) is 8.28. The lowest BCUT2D eigenvalue weighted by atomic mass is 9.92. The third-order valence-electron chi connectivity index (χ3n) is 2.88. The number of nitrogens with two attached hydrogens (primary N) is 1. The van der Waals surface area contributed by atoms with E-state index in [9.17, 15) is 0 Å². The second kappa shape index (κ2) is 4.68. The molecule has 3 N–H and O–H groups in total. The molecule has 1 heterocycles. The highest BCUT2D eigenvalue weighted by Gasteiger charge is 2.29. The highest BCUT2D eigenvalue weighted by atomic mass is 16.5. The fourth-order valence-electron chi connectivity index (χ4n) is 2.12. The van der Waals surface area contributed by atoms with Gasteiger partial charge in [-0.05, 0) is 19.9 Å². The van der Waals surface area contributed by atoms with E-state index in [1.807, 2.05) is 18.2 Å². The van der Waals surface area contributed by atoms with Crippen molar-refractivity contribution in [3.05, 3.63) is 41.5 Å². The maximum Gasteiger partial charge on any atom is 0.122 e. The molecule has 0 saturated carbocycles. The second-order valence-corrected chi connectivity index (χ2v) is 4.39. The van der Waals surface area contributed by atoms with Gasteiger partial charge in [0, 0.05) is 17.5 Å². The molecular formula is C13H18N2O. The molecule has 2 rings (SSSR count). The quantitative estimate of drug-likeness (QED) is 0.463. The zero-order valence-corrected chi connectivity index (χ0v) is 9.73. The molecule has 3 heteroatoms. The van der Waals surface area contributed by atoms with Gasteiger partial charge >= 0.3 is 0 Å². The van der Waals surface area contributed by atoms with Gasteiger partial charge < -0.3 is 4.74 Å². The fourth-order valence-corrected chi connectivity index (χ4v) is 2.12. The normalized spacial score (nSPS) is 19.8. The third-order valence-corrected chi connectivity index (χ3v) is 2.88. The number of rotatable bonds is 3. The van der Waals surface area contributed by atoms with Gasteiger partial charge in [0.1, 0.15) is 5.75 Å². The van der Waals surface area contributed by atoms with Crippen LogP contribution in [0.1, 0.15) is 25.3 Å². The molecule has 0 spiro atoms. The predicted molar refractivity (Wildman–Crippen MR) is 65.2 cm³/mol. The smallest absolute Gasteiger partial charge is 0.122 e. The van der Waals surface area contributed by atoms with E-state index in [0.717, 1.165) is 5.75 Å². The van der Waals surface area contributed by atoms with E-state index in [1.165, 1.54) is 11.1 Å². The number of fused-ring (bicyclic) bond motifs is 1. The standard InChI is InChI=1S/C13H18N2O/c1-9(2)7-12(15-14)11-8-16-13-6-4-3-5-10(11)13/h3-7,11-12,15H,8,14H2,1-2H3. The van der Waals surface area contributed by atoms with E-state index in [-0.39, 0.29) is 6.04 Å². The Balaban J connectivity index is 2.26. The van der Waals surface area contributed by atoms with Crippen molar-refractivity contribution >= 4 is 0 Å². The van der Waals surface area contributed by atoms with Crippen molar-refractivity contribution in [3.63, 3.8) is 0 Å². The largest absolute Gasteiger partial charge is 0.493 e. The molecule has 1 aliphatic rings. The first kappa shape index (κ1) is 11.2. The van der Waals surface area contributed by atoms with Crippen LogP contribution < -0.4 is 16.0 Å². The van der Waals surface area contributed by atoms with Gasteiger partial charge in [-0.2, -0.15) is 0 Å². The van der Waals surface area contributed by atoms with Crippen LogP contribution >= 0.6 is 0 Å². The van der Waals surface area contributed by atoms with Crippen molar-refractivity contribution in [1.29, 1.82) is 0 Å². The fraction of sp³-hybridized carbons (Fsp3) is 0.385. The number of hydrazine groups is 1. The Morgan fingerprint density at radius 1 is 1.50 bits per heavy atom. The van der Waals surface area contributed by atoms with Gasteiger partial charge in [-0.1, -0.05) is 29.8 Å². The molecule has 0 amide bonds. The van der Waals surface area contributed by atoms with E-state index < -0.39 is 0 Å². The Morgan fingerprint density at radius 2 is 2.25 bits per heavy atom. The molecule has 0 fully saturated rings. The summed E-state index contributed by atoms with van der Waals surface area (Å²) < 4.78 is 5.65. The second-order valence-electron chi connectivity index (χ2n) is 4.39. The summed E-state index contributed by atoms with van der Waals surface area (Å²) in [5, 5.41) is 0. The number of hydrogen-bond donors (Lipinski definition) is 2. The van der Waals surface area contributed by atoms with Gasteiger partial charge in [-0.25, -0.2) is 0 Å². The first-order valence-corrected chi connectivity index (χ1v) is 5.55. The molecule has 0 radical (unpaired) electrons. The van der Waals surface area contributed by atoms with Crippen LogP contribution in [-0.2, 0) is 0 Å². The summed E-state index contributed by atoms with van der Waals surface area (Å²) in [4.78, 5) is 0. The summed E-state index contributed by atoms with van der Waals surface area (Å²) in [6.45, 7) is 4.84. The first-order valence-electron chi connectivity index (χ1n) is 5.55. The number of allylic oxidation sites excluding steroid dienone is 1. The Kier molecular flexibility index (Phi) is 3.27. The van der Waals surface area contributed by atoms with Gasteiger partial charge in [0.15, 0.2) is 0 Å². The predicted octanol–water partition coefficient (Wildman–Crippen LogP) is 1.96. The van der Waals surface area contributed by atoms with Crippen molar-refractivity contribution < 1.29 is 4.74 Å². The number of hydrogen-bond acceptors (Lipinski definition) is 3. The average molecular weight is 218 g/mol. The summed E-state index contributed by atoms with van der Waals surface area (Å²) in [6.07, 6.45) is 2.15. The molecule has 0 aromatic heterocycles. The van der Waals surface area contributed by atoms with E-state index >= 15 is 0 Å². The van der Waals surface area contributed by atoms with Crippen LogP contribution in [0.25, 0.3) is 0 Å². The van der Waals surface area contributed by atoms with Crippen LogP contribution in [0.15, 0.2) is 35.9 Å². The summed E-state index contributed by atoms with van der Waals surface area (Å²) >= 11 is 0. The van der Waals surface area contributed by atoms with E-state index in [2.05, 4.69) is 31.4 Å². The van der Waals surface area contributed by atoms with E-state index in [1.54, 1.807) is 0 Å². The summed E-state index contributed by atoms with van der Waals surface area (Å²) in [7, 11) is 0. The molecular weight excluding hydrogens is 200 g/mol. The Morgan fingerprint density at radius 3 is 2.94 bits per heavy atom. The molecule has 16 heavy (non-hydrogen) atoms. The lowest BCUT2D eigenvalue weighted by molar-refractivity contribution is 0.312. The lowest BCUT2D eigenvalue weighted by Gasteiger charge is -2.19. The molecule has 1 aromatic rings. The molecule has 1 aliphatic heterocycles. The van der Waals surface area contributed by atoms with Crippen LogP contribution in [0.2, 0.25) is 0 Å². The number of para-hydroxylation sites is 1. The molecule has 0 bridgehead atoms. The number of benzene rings is 1. The zero-order chi connectivity index (χ0) is 11.5. The molecule has 86 valence electrons. The van der Waals surface area contributed by atoms with Crippen molar-refractivity contribution in [3.8, 4) is 5.75 Å². The maximum absolute atomic E-state index is 5.65. The van der Waals surface area contributed by atoms with Gasteiger partial charge in [0.25, 0.3) is 0 Å². The Hall–Kier alpha value is -1.32. The Labute approximate surface area is 96.3 Å². The highest BCUT2D eigenvalue weighted by molar-refractivity contribution is 5.41. The van der Waals surface area contributed by atoms with Crippen LogP contribution in [0, 0.1) is 0 Å². The number of nitrogens with one attached hydrogen (secondary N) is 1. The lowest BCUT2D eigenvalue weighted by Crippen LogP contribution is -2.39. The summed E-state index contributed by atoms with van der Waals surface area (Å²) in [5.74, 6) is 6.89. The van der Waals surface area contributed by atoms with Crippen molar-refractivity contribution in [1.82, 2.24) is 5.43 Å². The Bertz CT molecular complexity index is 397. The van der Waals surface area contributed by atoms with E-state index in [4.69, 9.17) is 10.6 Å². The molecule has 2 unspecified atom stereocenters. The van der Waals surface area contributed by atoms with E-state index in [0.29, 0.717) is 12.5 Å². The SMILES string of the molecule is CC(C)=CC(NN)C1COc2ccccc21. The van der Waals surface area contributed by atoms with Gasteiger partial charge in [0.05, 0.1) is 6.61 Å². The molecule has 2 atom stereocenters. The maximum atomic E-state index is 5.65. The summed E-state index contributed by atoms with van der Waals surface area (Å²) in [5.41, 5.74) is 5.36. The molecule has 0 saturated heterocycles. The van der Waals surface area contributed by atoms with Crippen LogP contribution in [0.4, 0.5) is 0 Å². The monoisotopic (exact) mass is 218 g/mol. The topological polar surface area (TPSA) is 47.3 Å². The van der Waals surface area contributed by atoms with Crippen molar-refractivity contribution in [2.45, 2.75) is 25.8 Å². The van der Waals surface area contributed by atoms with Crippen LogP contribution in [0.3, 0.4) is 0 Å². The average Bonchev–Trinajstić information content (AvgIpc) is 2.69. The van der Waals surface area contributed by atoms with Crippen LogP contribution in [0.5, 0.6) is 5.75 Å². The van der Waals surface area contributed by atoms with Crippen molar-refractivity contribution in [2.75, 3.05) is 6.61 Å². The van der Waals surface area contributed by atoms with Crippen molar-refractivity contribution in [2.24, 2.45) is 5.84 Å². The van der Waals surface area contributed by atoms with Crippen LogP contribution in [-0.4, -0.2) is 12.6 Å². The van der Waals surface area contributed by atoms with Gasteiger partial charge in [-0.15, -0.1) is 0 Å². The highest BCUT2D eigenvalue weighted by Crippen LogP contribution is 2.35. The molecule has 0 aliphatic carbocycles. The zero-order valence-electron chi connectivity index (χ0n) is 9.73. The number of ether oxygens (including phenoxy) is 1.